The predicted octanol–water partition coefficient (Wildman–Crippen LogP) is 2.54. The molecular weight excluding hydrogens is 404 g/mol. The molecule has 0 spiro atoms. The Hall–Kier alpha value is -3.98. The van der Waals surface area contributed by atoms with Crippen LogP contribution in [-0.2, 0) is 7.05 Å². The number of aliphatic hydroxyl groups excluding tert-OH is 1. The van der Waals surface area contributed by atoms with Gasteiger partial charge < -0.3 is 21.1 Å². The van der Waals surface area contributed by atoms with Gasteiger partial charge >= 0.3 is 0 Å². The Morgan fingerprint density at radius 1 is 1.16 bits per heavy atom. The molecule has 0 amide bonds. The first-order valence-corrected chi connectivity index (χ1v) is 10.4. The van der Waals surface area contributed by atoms with Crippen molar-refractivity contribution in [1.29, 1.82) is 0 Å². The molecule has 9 heteroatoms. The first kappa shape index (κ1) is 20.0. The van der Waals surface area contributed by atoms with Gasteiger partial charge in [-0.25, -0.2) is 9.97 Å². The average Bonchev–Trinajstić information content (AvgIpc) is 3.43. The van der Waals surface area contributed by atoms with Gasteiger partial charge in [-0.15, -0.1) is 0 Å². The van der Waals surface area contributed by atoms with E-state index < -0.39 is 0 Å². The lowest BCUT2D eigenvalue weighted by molar-refractivity contribution is 0.305. The number of aliphatic hydroxyl groups is 1. The smallest absolute Gasteiger partial charge is 0.222 e. The number of nitrogens with zero attached hydrogens (tertiary/aromatic N) is 6. The predicted molar refractivity (Wildman–Crippen MR) is 124 cm³/mol. The Kier molecular flexibility index (Phi) is 5.16. The molecule has 0 bridgehead atoms. The van der Waals surface area contributed by atoms with Gasteiger partial charge in [-0.2, -0.15) is 10.1 Å². The lowest BCUT2D eigenvalue weighted by atomic mass is 9.96. The van der Waals surface area contributed by atoms with Crippen LogP contribution in [0, 0.1) is 0 Å². The van der Waals surface area contributed by atoms with Crippen LogP contribution in [-0.4, -0.2) is 49.5 Å². The maximum absolute atomic E-state index is 9.64. The van der Waals surface area contributed by atoms with Gasteiger partial charge in [-0.3, -0.25) is 4.68 Å². The van der Waals surface area contributed by atoms with Crippen molar-refractivity contribution in [1.82, 2.24) is 24.7 Å². The van der Waals surface area contributed by atoms with Crippen LogP contribution in [0.4, 0.5) is 23.3 Å². The summed E-state index contributed by atoms with van der Waals surface area (Å²) in [7, 11) is 1.89. The van der Waals surface area contributed by atoms with Crippen molar-refractivity contribution in [3.8, 4) is 11.1 Å². The van der Waals surface area contributed by atoms with Crippen molar-refractivity contribution in [2.45, 2.75) is 5.92 Å². The van der Waals surface area contributed by atoms with Crippen LogP contribution >= 0.6 is 0 Å². The number of aromatic nitrogens is 5. The van der Waals surface area contributed by atoms with E-state index in [0.29, 0.717) is 18.9 Å². The zero-order valence-electron chi connectivity index (χ0n) is 17.7. The van der Waals surface area contributed by atoms with E-state index in [9.17, 15) is 5.11 Å². The third kappa shape index (κ3) is 3.74. The van der Waals surface area contributed by atoms with E-state index in [1.54, 1.807) is 4.68 Å². The number of nitrogens with two attached hydrogens (primary N) is 1. The Labute approximate surface area is 185 Å². The summed E-state index contributed by atoms with van der Waals surface area (Å²) in [5.74, 6) is 1.67. The summed E-state index contributed by atoms with van der Waals surface area (Å²) in [5.41, 5.74) is 10.9. The Morgan fingerprint density at radius 2 is 2.00 bits per heavy atom. The van der Waals surface area contributed by atoms with Crippen molar-refractivity contribution in [3.63, 3.8) is 0 Å². The van der Waals surface area contributed by atoms with Crippen LogP contribution in [0.2, 0.25) is 0 Å². The monoisotopic (exact) mass is 428 g/mol. The van der Waals surface area contributed by atoms with E-state index in [4.69, 9.17) is 5.73 Å². The van der Waals surface area contributed by atoms with E-state index in [1.807, 2.05) is 66.9 Å². The molecule has 1 atom stereocenters. The van der Waals surface area contributed by atoms with Crippen molar-refractivity contribution in [2.75, 3.05) is 35.6 Å². The van der Waals surface area contributed by atoms with Crippen molar-refractivity contribution < 1.29 is 5.11 Å². The molecule has 32 heavy (non-hydrogen) atoms. The molecule has 0 aliphatic carbocycles. The summed E-state index contributed by atoms with van der Waals surface area (Å²) in [6, 6.07) is 13.9. The quantitative estimate of drug-likeness (QED) is 0.429. The lowest BCUT2D eigenvalue weighted by Gasteiger charge is -2.24. The third-order valence-electron chi connectivity index (χ3n) is 5.58. The normalized spacial score (nSPS) is 14.8. The number of rotatable bonds is 6. The summed E-state index contributed by atoms with van der Waals surface area (Å²) in [4.78, 5) is 15.6. The molecule has 4 heterocycles. The zero-order chi connectivity index (χ0) is 22.1. The summed E-state index contributed by atoms with van der Waals surface area (Å²) in [6.07, 6.45) is 5.64. The van der Waals surface area contributed by atoms with Gasteiger partial charge in [0.25, 0.3) is 0 Å². The minimum Gasteiger partial charge on any atom is -0.395 e. The topological polar surface area (TPSA) is 118 Å². The maximum Gasteiger partial charge on any atom is 0.222 e. The van der Waals surface area contributed by atoms with Crippen LogP contribution in [0.15, 0.2) is 61.1 Å². The first-order chi connectivity index (χ1) is 15.6. The Balaban J connectivity index is 1.54. The number of nitrogens with one attached hydrogen (secondary N) is 1. The first-order valence-electron chi connectivity index (χ1n) is 10.4. The van der Waals surface area contributed by atoms with Gasteiger partial charge in [0, 0.05) is 66.9 Å². The van der Waals surface area contributed by atoms with Crippen LogP contribution in [0.25, 0.3) is 11.1 Å². The van der Waals surface area contributed by atoms with Crippen LogP contribution in [0.1, 0.15) is 17.2 Å². The molecule has 0 saturated heterocycles. The van der Waals surface area contributed by atoms with Crippen LogP contribution in [0.5, 0.6) is 0 Å². The highest BCUT2D eigenvalue weighted by molar-refractivity contribution is 5.68. The number of para-hydroxylation sites is 1. The second-order valence-electron chi connectivity index (χ2n) is 7.72. The van der Waals surface area contributed by atoms with E-state index in [2.05, 4.69) is 31.4 Å². The molecule has 1 aliphatic rings. The molecule has 9 nitrogen and oxygen atoms in total. The Bertz CT molecular complexity index is 1240. The van der Waals surface area contributed by atoms with E-state index in [0.717, 1.165) is 33.9 Å². The largest absolute Gasteiger partial charge is 0.395 e. The minimum absolute atomic E-state index is 0.0135. The number of aryl methyl sites for hydroxylation is 1. The van der Waals surface area contributed by atoms with Crippen LogP contribution < -0.4 is 16.0 Å². The molecule has 1 unspecified atom stereocenters. The van der Waals surface area contributed by atoms with E-state index in [1.165, 1.54) is 0 Å². The maximum atomic E-state index is 9.64. The highest BCUT2D eigenvalue weighted by Crippen LogP contribution is 2.38. The fraction of sp³-hybridized carbons (Fsp3) is 0.217. The van der Waals surface area contributed by atoms with Gasteiger partial charge in [-0.05, 0) is 18.2 Å². The molecule has 162 valence electrons. The fourth-order valence-electron chi connectivity index (χ4n) is 4.07. The molecule has 5 rings (SSSR count). The second-order valence-corrected chi connectivity index (χ2v) is 7.72. The van der Waals surface area contributed by atoms with Crippen molar-refractivity contribution in [3.05, 3.63) is 72.3 Å². The summed E-state index contributed by atoms with van der Waals surface area (Å²) >= 11 is 0. The SMILES string of the molecule is Cn1cc(-c2cnc3c(c2)C(c2cc(N(CCO)c4ccccc4)nc(N)n2)CN3)cn1. The summed E-state index contributed by atoms with van der Waals surface area (Å²) in [6.45, 7) is 1.05. The molecule has 4 N–H and O–H groups in total. The number of fused-ring (bicyclic) bond motifs is 1. The van der Waals surface area contributed by atoms with E-state index in [-0.39, 0.29) is 18.5 Å². The second kappa shape index (κ2) is 8.27. The molecule has 3 aromatic heterocycles. The zero-order valence-corrected chi connectivity index (χ0v) is 17.7. The number of hydrogen-bond acceptors (Lipinski definition) is 8. The van der Waals surface area contributed by atoms with Crippen molar-refractivity contribution >= 4 is 23.3 Å². The molecule has 1 aromatic carbocycles. The average molecular weight is 429 g/mol. The molecule has 0 saturated carbocycles. The summed E-state index contributed by atoms with van der Waals surface area (Å²) < 4.78 is 1.77. The van der Waals surface area contributed by atoms with E-state index >= 15 is 0 Å². The van der Waals surface area contributed by atoms with Crippen LogP contribution in [0.3, 0.4) is 0 Å². The number of pyridine rings is 1. The Morgan fingerprint density at radius 3 is 2.75 bits per heavy atom. The highest BCUT2D eigenvalue weighted by atomic mass is 16.3. The molecule has 0 radical (unpaired) electrons. The number of hydrogen-bond donors (Lipinski definition) is 3. The number of anilines is 4. The van der Waals surface area contributed by atoms with Gasteiger partial charge in [0.05, 0.1) is 18.5 Å². The number of nitrogen functional groups attached to an aromatic ring is 1. The standard InChI is InChI=1S/C23H24N8O/c1-30-14-16(12-27-30)15-9-18-19(13-26-22(18)25-11-15)20-10-21(29-23(24)28-20)31(7-8-32)17-5-3-2-4-6-17/h2-6,9-12,14,19,32H,7-8,13H2,1H3,(H,25,26)(H2,24,28,29). The lowest BCUT2D eigenvalue weighted by Crippen LogP contribution is -2.23. The fourth-order valence-corrected chi connectivity index (χ4v) is 4.07. The molecule has 4 aromatic rings. The van der Waals surface area contributed by atoms with Gasteiger partial charge in [0.1, 0.15) is 11.6 Å². The number of benzene rings is 1. The van der Waals surface area contributed by atoms with Gasteiger partial charge in [0.2, 0.25) is 5.95 Å². The molecule has 0 fully saturated rings. The minimum atomic E-state index is -0.0232. The molecule has 1 aliphatic heterocycles. The molecular formula is C23H24N8O. The van der Waals surface area contributed by atoms with Gasteiger partial charge in [0.15, 0.2) is 0 Å². The third-order valence-corrected chi connectivity index (χ3v) is 5.58. The summed E-state index contributed by atoms with van der Waals surface area (Å²) in [5, 5.41) is 17.3. The highest BCUT2D eigenvalue weighted by Gasteiger charge is 2.28. The van der Waals surface area contributed by atoms with Gasteiger partial charge in [-0.1, -0.05) is 18.2 Å². The van der Waals surface area contributed by atoms with Crippen molar-refractivity contribution in [2.24, 2.45) is 7.05 Å².